The quantitative estimate of drug-likeness (QED) is 0.832. The SMILES string of the molecule is CNC1C(CN(CC(F)(F)F)C(C)C)CCCC1(C)C. The molecule has 0 aromatic rings. The van der Waals surface area contributed by atoms with E-state index in [-0.39, 0.29) is 23.4 Å². The molecule has 0 bridgehead atoms. The summed E-state index contributed by atoms with van der Waals surface area (Å²) in [6.07, 6.45) is -0.872. The lowest BCUT2D eigenvalue weighted by Crippen LogP contribution is -2.53. The van der Waals surface area contributed by atoms with Crippen molar-refractivity contribution in [1.29, 1.82) is 0 Å². The van der Waals surface area contributed by atoms with Crippen molar-refractivity contribution >= 4 is 0 Å². The molecule has 0 aromatic carbocycles. The van der Waals surface area contributed by atoms with Gasteiger partial charge in [0.05, 0.1) is 6.54 Å². The molecular weight excluding hydrogens is 265 g/mol. The molecule has 120 valence electrons. The molecule has 1 rings (SSSR count). The van der Waals surface area contributed by atoms with Crippen LogP contribution >= 0.6 is 0 Å². The Bertz CT molecular complexity index is 300. The van der Waals surface area contributed by atoms with E-state index in [4.69, 9.17) is 0 Å². The smallest absolute Gasteiger partial charge is 0.316 e. The van der Waals surface area contributed by atoms with E-state index in [0.717, 1.165) is 19.3 Å². The number of rotatable bonds is 5. The number of nitrogens with zero attached hydrogens (tertiary/aromatic N) is 1. The molecule has 5 heteroatoms. The fraction of sp³-hybridized carbons (Fsp3) is 1.00. The van der Waals surface area contributed by atoms with Gasteiger partial charge >= 0.3 is 6.18 Å². The van der Waals surface area contributed by atoms with E-state index in [0.29, 0.717) is 6.54 Å². The summed E-state index contributed by atoms with van der Waals surface area (Å²) in [5, 5.41) is 3.34. The van der Waals surface area contributed by atoms with Crippen molar-refractivity contribution in [2.75, 3.05) is 20.1 Å². The average Bonchev–Trinajstić information content (AvgIpc) is 2.25. The van der Waals surface area contributed by atoms with Gasteiger partial charge in [0.25, 0.3) is 0 Å². The molecule has 0 heterocycles. The predicted octanol–water partition coefficient (Wildman–Crippen LogP) is 3.67. The van der Waals surface area contributed by atoms with Crippen molar-refractivity contribution in [1.82, 2.24) is 10.2 Å². The van der Waals surface area contributed by atoms with Gasteiger partial charge in [-0.15, -0.1) is 0 Å². The van der Waals surface area contributed by atoms with Crippen LogP contribution in [-0.4, -0.2) is 43.3 Å². The summed E-state index contributed by atoms with van der Waals surface area (Å²) in [6.45, 7) is 7.82. The summed E-state index contributed by atoms with van der Waals surface area (Å²) in [7, 11) is 1.92. The summed E-state index contributed by atoms with van der Waals surface area (Å²) >= 11 is 0. The molecule has 1 aliphatic rings. The van der Waals surface area contributed by atoms with Crippen LogP contribution in [0.3, 0.4) is 0 Å². The van der Waals surface area contributed by atoms with Crippen LogP contribution in [0.1, 0.15) is 47.0 Å². The van der Waals surface area contributed by atoms with E-state index in [9.17, 15) is 13.2 Å². The van der Waals surface area contributed by atoms with Crippen molar-refractivity contribution in [3.05, 3.63) is 0 Å². The normalized spacial score (nSPS) is 27.3. The Morgan fingerprint density at radius 2 is 1.90 bits per heavy atom. The van der Waals surface area contributed by atoms with Crippen molar-refractivity contribution in [3.8, 4) is 0 Å². The zero-order valence-corrected chi connectivity index (χ0v) is 13.3. The Labute approximate surface area is 121 Å². The van der Waals surface area contributed by atoms with Crippen LogP contribution < -0.4 is 5.32 Å². The van der Waals surface area contributed by atoms with Crippen LogP contribution in [0.25, 0.3) is 0 Å². The van der Waals surface area contributed by atoms with Gasteiger partial charge in [-0.05, 0) is 45.1 Å². The highest BCUT2D eigenvalue weighted by atomic mass is 19.4. The molecule has 1 saturated carbocycles. The van der Waals surface area contributed by atoms with Crippen molar-refractivity contribution < 1.29 is 13.2 Å². The lowest BCUT2D eigenvalue weighted by molar-refractivity contribution is -0.152. The molecule has 1 aliphatic carbocycles. The van der Waals surface area contributed by atoms with E-state index in [1.165, 1.54) is 0 Å². The maximum Gasteiger partial charge on any atom is 0.401 e. The molecule has 0 saturated heterocycles. The summed E-state index contributed by atoms with van der Waals surface area (Å²) in [5.74, 6) is 0.286. The van der Waals surface area contributed by atoms with Gasteiger partial charge in [0.1, 0.15) is 0 Å². The van der Waals surface area contributed by atoms with Crippen molar-refractivity contribution in [2.45, 2.75) is 65.2 Å². The average molecular weight is 294 g/mol. The van der Waals surface area contributed by atoms with Crippen LogP contribution in [0.15, 0.2) is 0 Å². The molecule has 0 amide bonds. The fourth-order valence-electron chi connectivity index (χ4n) is 3.59. The van der Waals surface area contributed by atoms with Crippen molar-refractivity contribution in [3.63, 3.8) is 0 Å². The minimum Gasteiger partial charge on any atom is -0.316 e. The Balaban J connectivity index is 2.76. The maximum absolute atomic E-state index is 12.7. The number of alkyl halides is 3. The molecule has 20 heavy (non-hydrogen) atoms. The van der Waals surface area contributed by atoms with Crippen LogP contribution in [-0.2, 0) is 0 Å². The maximum atomic E-state index is 12.7. The molecule has 2 unspecified atom stereocenters. The second kappa shape index (κ2) is 6.65. The molecular formula is C15H29F3N2. The molecule has 2 nitrogen and oxygen atoms in total. The van der Waals surface area contributed by atoms with Gasteiger partial charge in [0.2, 0.25) is 0 Å². The highest BCUT2D eigenvalue weighted by Crippen LogP contribution is 2.39. The Morgan fingerprint density at radius 1 is 1.30 bits per heavy atom. The van der Waals surface area contributed by atoms with Crippen LogP contribution in [0.4, 0.5) is 13.2 Å². The van der Waals surface area contributed by atoms with Gasteiger partial charge in [-0.1, -0.05) is 20.3 Å². The highest BCUT2D eigenvalue weighted by Gasteiger charge is 2.40. The minimum atomic E-state index is -4.12. The molecule has 0 spiro atoms. The minimum absolute atomic E-state index is 0.0841. The Morgan fingerprint density at radius 3 is 2.35 bits per heavy atom. The van der Waals surface area contributed by atoms with Gasteiger partial charge in [0, 0.05) is 18.6 Å². The van der Waals surface area contributed by atoms with E-state index in [1.54, 1.807) is 4.90 Å². The Hall–Kier alpha value is -0.290. The van der Waals surface area contributed by atoms with Gasteiger partial charge in [0.15, 0.2) is 0 Å². The summed E-state index contributed by atoms with van der Waals surface area (Å²) < 4.78 is 38.1. The van der Waals surface area contributed by atoms with Gasteiger partial charge in [-0.3, -0.25) is 4.90 Å². The number of nitrogens with one attached hydrogen (secondary N) is 1. The second-order valence-electron chi connectivity index (χ2n) is 7.05. The topological polar surface area (TPSA) is 15.3 Å². The molecule has 1 N–H and O–H groups in total. The largest absolute Gasteiger partial charge is 0.401 e. The first-order chi connectivity index (χ1) is 9.07. The molecule has 0 aromatic heterocycles. The number of halogens is 3. The zero-order valence-electron chi connectivity index (χ0n) is 13.3. The van der Waals surface area contributed by atoms with E-state index >= 15 is 0 Å². The summed E-state index contributed by atoms with van der Waals surface area (Å²) in [5.41, 5.74) is 0.151. The highest BCUT2D eigenvalue weighted by molar-refractivity contribution is 4.94. The zero-order chi connectivity index (χ0) is 15.6. The summed E-state index contributed by atoms with van der Waals surface area (Å²) in [6, 6.07) is 0.199. The molecule has 0 radical (unpaired) electrons. The van der Waals surface area contributed by atoms with Crippen LogP contribution in [0, 0.1) is 11.3 Å². The molecule has 0 aliphatic heterocycles. The second-order valence-corrected chi connectivity index (χ2v) is 7.05. The van der Waals surface area contributed by atoms with E-state index in [1.807, 2.05) is 20.9 Å². The third kappa shape index (κ3) is 4.92. The third-order valence-electron chi connectivity index (χ3n) is 4.60. The molecule has 2 atom stereocenters. The predicted molar refractivity (Wildman–Crippen MR) is 76.7 cm³/mol. The van der Waals surface area contributed by atoms with E-state index < -0.39 is 12.7 Å². The van der Waals surface area contributed by atoms with Gasteiger partial charge in [-0.2, -0.15) is 13.2 Å². The van der Waals surface area contributed by atoms with Crippen LogP contribution in [0.2, 0.25) is 0 Å². The molecule has 1 fully saturated rings. The van der Waals surface area contributed by atoms with Gasteiger partial charge < -0.3 is 5.32 Å². The van der Waals surface area contributed by atoms with Crippen molar-refractivity contribution in [2.24, 2.45) is 11.3 Å². The first kappa shape index (κ1) is 17.8. The lowest BCUT2D eigenvalue weighted by atomic mass is 9.67. The fourth-order valence-corrected chi connectivity index (χ4v) is 3.59. The summed E-state index contributed by atoms with van der Waals surface area (Å²) in [4.78, 5) is 1.57. The first-order valence-electron chi connectivity index (χ1n) is 7.55. The first-order valence-corrected chi connectivity index (χ1v) is 7.55. The monoisotopic (exact) mass is 294 g/mol. The van der Waals surface area contributed by atoms with E-state index in [2.05, 4.69) is 19.2 Å². The lowest BCUT2D eigenvalue weighted by Gasteiger charge is -2.46. The standard InChI is InChI=1S/C15H29F3N2/c1-11(2)20(10-15(16,17)18)9-12-7-6-8-14(3,4)13(12)19-5/h11-13,19H,6-10H2,1-5H3. The third-order valence-corrected chi connectivity index (χ3v) is 4.60. The number of hydrogen-bond donors (Lipinski definition) is 1. The number of hydrogen-bond acceptors (Lipinski definition) is 2. The Kier molecular flexibility index (Phi) is 5.90. The van der Waals surface area contributed by atoms with Gasteiger partial charge in [-0.25, -0.2) is 0 Å². The van der Waals surface area contributed by atoms with Crippen LogP contribution in [0.5, 0.6) is 0 Å².